The number of rotatable bonds is 12. The summed E-state index contributed by atoms with van der Waals surface area (Å²) in [7, 11) is 0. The maximum absolute atomic E-state index is 13.3. The first-order chi connectivity index (χ1) is 16.2. The summed E-state index contributed by atoms with van der Waals surface area (Å²) in [5.41, 5.74) is 3.62. The molecule has 178 valence electrons. The van der Waals surface area contributed by atoms with E-state index in [-0.39, 0.29) is 6.03 Å². The smallest absolute Gasteiger partial charge is 0.318 e. The highest BCUT2D eigenvalue weighted by Gasteiger charge is 2.18. The molecule has 1 N–H and O–H groups in total. The van der Waals surface area contributed by atoms with Crippen LogP contribution in [-0.4, -0.2) is 61.8 Å². The SMILES string of the molecule is CCCCCC(=Cc1ccccc1)CN(CCN1CCOCC1)C(=O)NCc1ccccc1. The minimum atomic E-state index is 0.00145. The molecule has 0 spiro atoms. The van der Waals surface area contributed by atoms with Crippen molar-refractivity contribution >= 4 is 12.1 Å². The fourth-order valence-corrected chi connectivity index (χ4v) is 4.05. The second-order valence-electron chi connectivity index (χ2n) is 8.69. The number of hydrogen-bond acceptors (Lipinski definition) is 3. The summed E-state index contributed by atoms with van der Waals surface area (Å²) < 4.78 is 5.48. The number of morpholine rings is 1. The molecule has 1 aliphatic heterocycles. The Labute approximate surface area is 199 Å². The van der Waals surface area contributed by atoms with Gasteiger partial charge in [-0.05, 0) is 24.0 Å². The monoisotopic (exact) mass is 449 g/mol. The predicted molar refractivity (Wildman–Crippen MR) is 136 cm³/mol. The molecule has 1 heterocycles. The molecule has 0 unspecified atom stereocenters. The van der Waals surface area contributed by atoms with Crippen LogP contribution in [0.5, 0.6) is 0 Å². The van der Waals surface area contributed by atoms with Gasteiger partial charge in [-0.1, -0.05) is 92.1 Å². The second-order valence-corrected chi connectivity index (χ2v) is 8.69. The van der Waals surface area contributed by atoms with Gasteiger partial charge in [0, 0.05) is 39.3 Å². The third-order valence-corrected chi connectivity index (χ3v) is 6.03. The summed E-state index contributed by atoms with van der Waals surface area (Å²) in [5.74, 6) is 0. The molecule has 1 saturated heterocycles. The summed E-state index contributed by atoms with van der Waals surface area (Å²) in [6, 6.07) is 20.5. The molecular formula is C28H39N3O2. The van der Waals surface area contributed by atoms with Gasteiger partial charge in [0.05, 0.1) is 13.2 Å². The first kappa shape index (κ1) is 25.0. The first-order valence-corrected chi connectivity index (χ1v) is 12.4. The van der Waals surface area contributed by atoms with Crippen molar-refractivity contribution in [3.05, 3.63) is 77.4 Å². The van der Waals surface area contributed by atoms with Gasteiger partial charge in [-0.25, -0.2) is 4.79 Å². The number of carbonyl (C=O) groups excluding carboxylic acids is 1. The normalized spacial score (nSPS) is 14.8. The van der Waals surface area contributed by atoms with Crippen molar-refractivity contribution < 1.29 is 9.53 Å². The van der Waals surface area contributed by atoms with E-state index < -0.39 is 0 Å². The van der Waals surface area contributed by atoms with E-state index in [1.165, 1.54) is 24.0 Å². The highest BCUT2D eigenvalue weighted by Crippen LogP contribution is 2.16. The van der Waals surface area contributed by atoms with Crippen molar-refractivity contribution in [2.45, 2.75) is 39.2 Å². The molecule has 2 aromatic rings. The number of ether oxygens (including phenoxy) is 1. The molecule has 0 aliphatic carbocycles. The topological polar surface area (TPSA) is 44.8 Å². The zero-order valence-electron chi connectivity index (χ0n) is 20.0. The van der Waals surface area contributed by atoms with Gasteiger partial charge < -0.3 is 15.0 Å². The van der Waals surface area contributed by atoms with Gasteiger partial charge >= 0.3 is 6.03 Å². The molecule has 0 saturated carbocycles. The number of nitrogens with zero attached hydrogens (tertiary/aromatic N) is 2. The van der Waals surface area contributed by atoms with Gasteiger partial charge in [-0.3, -0.25) is 4.90 Å². The molecular weight excluding hydrogens is 410 g/mol. The van der Waals surface area contributed by atoms with E-state index in [9.17, 15) is 4.79 Å². The zero-order valence-corrected chi connectivity index (χ0v) is 20.0. The molecule has 33 heavy (non-hydrogen) atoms. The molecule has 5 heteroatoms. The molecule has 3 rings (SSSR count). The average Bonchev–Trinajstić information content (AvgIpc) is 2.87. The lowest BCUT2D eigenvalue weighted by Crippen LogP contribution is -2.46. The van der Waals surface area contributed by atoms with Crippen LogP contribution in [0.3, 0.4) is 0 Å². The molecule has 5 nitrogen and oxygen atoms in total. The van der Waals surface area contributed by atoms with E-state index in [0.717, 1.165) is 51.3 Å². The van der Waals surface area contributed by atoms with Gasteiger partial charge in [0.1, 0.15) is 0 Å². The minimum Gasteiger partial charge on any atom is -0.379 e. The Morgan fingerprint density at radius 1 is 1.03 bits per heavy atom. The van der Waals surface area contributed by atoms with Gasteiger partial charge in [0.15, 0.2) is 0 Å². The lowest BCUT2D eigenvalue weighted by molar-refractivity contribution is 0.0352. The quantitative estimate of drug-likeness (QED) is 0.453. The lowest BCUT2D eigenvalue weighted by Gasteiger charge is -2.31. The van der Waals surface area contributed by atoms with E-state index in [1.54, 1.807) is 0 Å². The number of unbranched alkanes of at least 4 members (excludes halogenated alkanes) is 2. The fourth-order valence-electron chi connectivity index (χ4n) is 4.05. The molecule has 0 atom stereocenters. The van der Waals surface area contributed by atoms with Gasteiger partial charge in [-0.15, -0.1) is 0 Å². The first-order valence-electron chi connectivity index (χ1n) is 12.4. The average molecular weight is 450 g/mol. The highest BCUT2D eigenvalue weighted by molar-refractivity contribution is 5.74. The minimum absolute atomic E-state index is 0.00145. The summed E-state index contributed by atoms with van der Waals surface area (Å²) in [5, 5.41) is 3.14. The predicted octanol–water partition coefficient (Wildman–Crippen LogP) is 5.19. The zero-order chi connectivity index (χ0) is 23.1. The van der Waals surface area contributed by atoms with Crippen molar-refractivity contribution in [1.29, 1.82) is 0 Å². The van der Waals surface area contributed by atoms with Crippen LogP contribution < -0.4 is 5.32 Å². The van der Waals surface area contributed by atoms with E-state index >= 15 is 0 Å². The third-order valence-electron chi connectivity index (χ3n) is 6.03. The number of amides is 2. The van der Waals surface area contributed by atoms with Crippen LogP contribution in [0, 0.1) is 0 Å². The fraction of sp³-hybridized carbons (Fsp3) is 0.464. The van der Waals surface area contributed by atoms with Crippen molar-refractivity contribution in [1.82, 2.24) is 15.1 Å². The summed E-state index contributed by atoms with van der Waals surface area (Å²) in [4.78, 5) is 17.6. The highest BCUT2D eigenvalue weighted by atomic mass is 16.5. The van der Waals surface area contributed by atoms with Crippen molar-refractivity contribution in [3.8, 4) is 0 Å². The number of benzene rings is 2. The molecule has 2 aromatic carbocycles. The molecule has 1 fully saturated rings. The van der Waals surface area contributed by atoms with Crippen LogP contribution in [0.2, 0.25) is 0 Å². The maximum Gasteiger partial charge on any atom is 0.318 e. The maximum atomic E-state index is 13.3. The van der Waals surface area contributed by atoms with Gasteiger partial charge in [-0.2, -0.15) is 0 Å². The Bertz CT molecular complexity index is 833. The van der Waals surface area contributed by atoms with Crippen LogP contribution in [0.1, 0.15) is 43.7 Å². The van der Waals surface area contributed by atoms with Crippen molar-refractivity contribution in [2.24, 2.45) is 0 Å². The summed E-state index contributed by atoms with van der Waals surface area (Å²) in [6.45, 7) is 8.42. The molecule has 1 aliphatic rings. The van der Waals surface area contributed by atoms with Gasteiger partial charge in [0.2, 0.25) is 0 Å². The van der Waals surface area contributed by atoms with Crippen molar-refractivity contribution in [3.63, 3.8) is 0 Å². The van der Waals surface area contributed by atoms with E-state index in [1.807, 2.05) is 41.3 Å². The van der Waals surface area contributed by atoms with E-state index in [0.29, 0.717) is 19.6 Å². The number of urea groups is 1. The summed E-state index contributed by atoms with van der Waals surface area (Å²) >= 11 is 0. The van der Waals surface area contributed by atoms with Gasteiger partial charge in [0.25, 0.3) is 0 Å². The number of carbonyl (C=O) groups is 1. The van der Waals surface area contributed by atoms with Crippen LogP contribution in [0.4, 0.5) is 4.79 Å². The molecule has 0 bridgehead atoms. The van der Waals surface area contributed by atoms with E-state index in [2.05, 4.69) is 47.5 Å². The Morgan fingerprint density at radius 3 is 2.42 bits per heavy atom. The number of nitrogens with one attached hydrogen (secondary N) is 1. The Morgan fingerprint density at radius 2 is 1.73 bits per heavy atom. The van der Waals surface area contributed by atoms with Crippen molar-refractivity contribution in [2.75, 3.05) is 45.9 Å². The third kappa shape index (κ3) is 9.40. The van der Waals surface area contributed by atoms with Crippen LogP contribution in [0.15, 0.2) is 66.2 Å². The Kier molecular flexibility index (Phi) is 11.0. The van der Waals surface area contributed by atoms with E-state index in [4.69, 9.17) is 4.74 Å². The van der Waals surface area contributed by atoms with Crippen LogP contribution in [-0.2, 0) is 11.3 Å². The molecule has 2 amide bonds. The Hall–Kier alpha value is -2.63. The molecule has 0 radical (unpaired) electrons. The number of hydrogen-bond donors (Lipinski definition) is 1. The summed E-state index contributed by atoms with van der Waals surface area (Å²) in [6.07, 6.45) is 6.83. The molecule has 0 aromatic heterocycles. The van der Waals surface area contributed by atoms with Crippen LogP contribution >= 0.6 is 0 Å². The second kappa shape index (κ2) is 14.5. The standard InChI is InChI=1S/C28H39N3O2/c1-2-3-6-15-27(22-25-11-7-4-8-12-25)24-31(17-16-30-18-20-33-21-19-30)28(32)29-23-26-13-9-5-10-14-26/h4-5,7-14,22H,2-3,6,15-21,23-24H2,1H3,(H,29,32). The Balaban J connectivity index is 1.69. The van der Waals surface area contributed by atoms with Crippen LogP contribution in [0.25, 0.3) is 6.08 Å². The lowest BCUT2D eigenvalue weighted by atomic mass is 10.0. The largest absolute Gasteiger partial charge is 0.379 e.